The zero-order valence-corrected chi connectivity index (χ0v) is 19.0. The molecule has 1 amide bonds. The van der Waals surface area contributed by atoms with Crippen LogP contribution in [0.2, 0.25) is 0 Å². The number of halogens is 1. The molecule has 0 saturated heterocycles. The van der Waals surface area contributed by atoms with Crippen LogP contribution >= 0.6 is 15.9 Å². The molecule has 1 heterocycles. The number of rotatable bonds is 5. The summed E-state index contributed by atoms with van der Waals surface area (Å²) in [6, 6.07) is 16.3. The molecule has 7 heteroatoms. The number of hydrogen-bond acceptors (Lipinski definition) is 4. The number of fused-ring (bicyclic) bond motifs is 1. The molecular formula is C24H24BrN3O3. The Hall–Kier alpha value is -2.90. The van der Waals surface area contributed by atoms with Crippen LogP contribution in [0.4, 0.5) is 5.69 Å². The molecule has 160 valence electrons. The Morgan fingerprint density at radius 1 is 1.26 bits per heavy atom. The summed E-state index contributed by atoms with van der Waals surface area (Å²) in [6.45, 7) is 2.57. The predicted octanol–water partition coefficient (Wildman–Crippen LogP) is 4.61. The molecule has 2 aromatic carbocycles. The number of carbonyl (C=O) groups excluding carboxylic acids is 1. The van der Waals surface area contributed by atoms with Crippen molar-refractivity contribution in [3.05, 3.63) is 87.8 Å². The summed E-state index contributed by atoms with van der Waals surface area (Å²) in [5, 5.41) is 13.6. The van der Waals surface area contributed by atoms with E-state index in [9.17, 15) is 9.90 Å². The number of amides is 1. The molecule has 2 atom stereocenters. The van der Waals surface area contributed by atoms with Crippen LogP contribution in [0.15, 0.2) is 74.7 Å². The lowest BCUT2D eigenvalue weighted by atomic mass is 10.1. The van der Waals surface area contributed by atoms with E-state index in [0.29, 0.717) is 18.5 Å². The number of aliphatic imine (C=N–C) groups is 1. The van der Waals surface area contributed by atoms with E-state index in [1.54, 1.807) is 18.4 Å². The van der Waals surface area contributed by atoms with Gasteiger partial charge in [-0.1, -0.05) is 22.0 Å². The lowest BCUT2D eigenvalue weighted by Crippen LogP contribution is -2.33. The van der Waals surface area contributed by atoms with E-state index < -0.39 is 12.1 Å². The number of nitrogens with one attached hydrogen (secondary N) is 1. The van der Waals surface area contributed by atoms with E-state index >= 15 is 0 Å². The molecule has 0 saturated carbocycles. The van der Waals surface area contributed by atoms with Crippen LogP contribution in [-0.2, 0) is 13.0 Å². The largest absolute Gasteiger partial charge is 0.467 e. The summed E-state index contributed by atoms with van der Waals surface area (Å²) in [7, 11) is 1.96. The maximum absolute atomic E-state index is 12.7. The van der Waals surface area contributed by atoms with Crippen molar-refractivity contribution >= 4 is 33.4 Å². The minimum absolute atomic E-state index is 0.215. The third-order valence-corrected chi connectivity index (χ3v) is 6.02. The van der Waals surface area contributed by atoms with Gasteiger partial charge in [0.05, 0.1) is 30.6 Å². The van der Waals surface area contributed by atoms with E-state index in [-0.39, 0.29) is 5.91 Å². The molecule has 0 bridgehead atoms. The highest BCUT2D eigenvalue weighted by Gasteiger charge is 2.32. The van der Waals surface area contributed by atoms with Gasteiger partial charge in [-0.25, -0.2) is 4.99 Å². The highest BCUT2D eigenvalue weighted by Crippen LogP contribution is 2.34. The quantitative estimate of drug-likeness (QED) is 0.411. The fourth-order valence-corrected chi connectivity index (χ4v) is 3.96. The molecule has 0 fully saturated rings. The zero-order chi connectivity index (χ0) is 22.0. The number of aliphatic hydroxyl groups excluding tert-OH is 1. The maximum Gasteiger partial charge on any atom is 0.251 e. The third-order valence-electron chi connectivity index (χ3n) is 5.49. The Morgan fingerprint density at radius 2 is 2.03 bits per heavy atom. The summed E-state index contributed by atoms with van der Waals surface area (Å²) in [5.41, 5.74) is 3.25. The predicted molar refractivity (Wildman–Crippen MR) is 123 cm³/mol. The molecule has 0 unspecified atom stereocenters. The second-order valence-electron chi connectivity index (χ2n) is 7.71. The molecule has 2 N–H and O–H groups in total. The Kier molecular flexibility index (Phi) is 6.25. The van der Waals surface area contributed by atoms with Gasteiger partial charge < -0.3 is 19.7 Å². The average Bonchev–Trinajstić information content (AvgIpc) is 3.36. The van der Waals surface area contributed by atoms with Crippen molar-refractivity contribution in [1.82, 2.24) is 10.2 Å². The van der Waals surface area contributed by atoms with Gasteiger partial charge in [-0.05, 0) is 66.6 Å². The second-order valence-corrected chi connectivity index (χ2v) is 8.62. The zero-order valence-electron chi connectivity index (χ0n) is 17.4. The fourth-order valence-electron chi connectivity index (χ4n) is 3.70. The standard InChI is InChI=1S/C24H24BrN3O3/c1-15(28(2)14-20-4-3-11-31-20)26-19-10-7-17-12-22(29)23(21(17)13-19)27-24(30)16-5-8-18(25)9-6-16/h3-11,13,22-23,29H,12,14H2,1-2H3,(H,27,30)/b26-15+/t22-,23-/m1/s1. The monoisotopic (exact) mass is 481 g/mol. The van der Waals surface area contributed by atoms with Gasteiger partial charge in [-0.3, -0.25) is 4.79 Å². The van der Waals surface area contributed by atoms with Crippen LogP contribution in [0.3, 0.4) is 0 Å². The summed E-state index contributed by atoms with van der Waals surface area (Å²) in [5.74, 6) is 1.49. The molecule has 4 rings (SSSR count). The van der Waals surface area contributed by atoms with Crippen molar-refractivity contribution in [3.8, 4) is 0 Å². The Labute approximate surface area is 189 Å². The first-order valence-electron chi connectivity index (χ1n) is 10.1. The van der Waals surface area contributed by atoms with Crippen molar-refractivity contribution < 1.29 is 14.3 Å². The number of furan rings is 1. The van der Waals surface area contributed by atoms with Gasteiger partial charge in [0.2, 0.25) is 0 Å². The fraction of sp³-hybridized carbons (Fsp3) is 0.250. The molecule has 31 heavy (non-hydrogen) atoms. The molecule has 0 aliphatic heterocycles. The number of hydrogen-bond donors (Lipinski definition) is 2. The number of aliphatic hydroxyl groups is 1. The van der Waals surface area contributed by atoms with Crippen LogP contribution < -0.4 is 5.32 Å². The molecule has 0 radical (unpaired) electrons. The van der Waals surface area contributed by atoms with Crippen molar-refractivity contribution in [2.45, 2.75) is 32.0 Å². The van der Waals surface area contributed by atoms with E-state index in [1.807, 2.05) is 61.3 Å². The first-order valence-corrected chi connectivity index (χ1v) is 10.9. The summed E-state index contributed by atoms with van der Waals surface area (Å²) >= 11 is 3.37. The van der Waals surface area contributed by atoms with E-state index in [4.69, 9.17) is 9.41 Å². The lowest BCUT2D eigenvalue weighted by Gasteiger charge is -2.19. The van der Waals surface area contributed by atoms with E-state index in [0.717, 1.165) is 32.9 Å². The van der Waals surface area contributed by atoms with Crippen LogP contribution in [-0.4, -0.2) is 34.9 Å². The summed E-state index contributed by atoms with van der Waals surface area (Å²) in [4.78, 5) is 19.4. The number of benzene rings is 2. The van der Waals surface area contributed by atoms with Crippen LogP contribution in [0, 0.1) is 0 Å². The molecular weight excluding hydrogens is 458 g/mol. The lowest BCUT2D eigenvalue weighted by molar-refractivity contribution is 0.0858. The molecule has 0 spiro atoms. The highest BCUT2D eigenvalue weighted by molar-refractivity contribution is 9.10. The second kappa shape index (κ2) is 9.08. The van der Waals surface area contributed by atoms with Gasteiger partial charge in [-0.15, -0.1) is 0 Å². The van der Waals surface area contributed by atoms with Crippen molar-refractivity contribution in [2.24, 2.45) is 4.99 Å². The SMILES string of the molecule is C/C(=N\c1ccc2c(c1)[C@@H](NC(=O)c1ccc(Br)cc1)[C@H](O)C2)N(C)Cc1ccco1. The van der Waals surface area contributed by atoms with Gasteiger partial charge in [0, 0.05) is 23.5 Å². The molecule has 1 aromatic heterocycles. The minimum atomic E-state index is -0.670. The van der Waals surface area contributed by atoms with Crippen molar-refractivity contribution in [2.75, 3.05) is 7.05 Å². The third kappa shape index (κ3) is 4.89. The van der Waals surface area contributed by atoms with Crippen molar-refractivity contribution in [3.63, 3.8) is 0 Å². The topological polar surface area (TPSA) is 78.1 Å². The smallest absolute Gasteiger partial charge is 0.251 e. The maximum atomic E-state index is 12.7. The average molecular weight is 482 g/mol. The Morgan fingerprint density at radius 3 is 2.74 bits per heavy atom. The Balaban J connectivity index is 1.52. The van der Waals surface area contributed by atoms with Gasteiger partial charge in [-0.2, -0.15) is 0 Å². The van der Waals surface area contributed by atoms with Gasteiger partial charge in [0.1, 0.15) is 11.6 Å². The summed E-state index contributed by atoms with van der Waals surface area (Å²) in [6.07, 6.45) is 1.49. The number of nitrogens with zero attached hydrogens (tertiary/aromatic N) is 2. The molecule has 6 nitrogen and oxygen atoms in total. The normalized spacial score (nSPS) is 18.0. The Bertz CT molecular complexity index is 1090. The van der Waals surface area contributed by atoms with Crippen LogP contribution in [0.1, 0.15) is 40.2 Å². The van der Waals surface area contributed by atoms with Crippen LogP contribution in [0.25, 0.3) is 0 Å². The number of amidine groups is 1. The first kappa shape index (κ1) is 21.3. The van der Waals surface area contributed by atoms with Gasteiger partial charge >= 0.3 is 0 Å². The molecule has 1 aliphatic carbocycles. The minimum Gasteiger partial charge on any atom is -0.467 e. The molecule has 1 aliphatic rings. The van der Waals surface area contributed by atoms with Gasteiger partial charge in [0.15, 0.2) is 0 Å². The summed E-state index contributed by atoms with van der Waals surface area (Å²) < 4.78 is 6.31. The van der Waals surface area contributed by atoms with Crippen molar-refractivity contribution in [1.29, 1.82) is 0 Å². The van der Waals surface area contributed by atoms with E-state index in [1.165, 1.54) is 0 Å². The highest BCUT2D eigenvalue weighted by atomic mass is 79.9. The number of carbonyl (C=O) groups is 1. The van der Waals surface area contributed by atoms with Crippen LogP contribution in [0.5, 0.6) is 0 Å². The van der Waals surface area contributed by atoms with Gasteiger partial charge in [0.25, 0.3) is 5.91 Å². The first-order chi connectivity index (χ1) is 14.9. The molecule has 3 aromatic rings. The van der Waals surface area contributed by atoms with E-state index in [2.05, 4.69) is 21.2 Å².